The molecule has 0 aliphatic rings. The van der Waals surface area contributed by atoms with E-state index in [4.69, 9.17) is 0 Å². The molecule has 6 heteroatoms. The molecular formula is C13H14BrN3OS. The maximum Gasteiger partial charge on any atom is 0.253 e. The third-order valence-electron chi connectivity index (χ3n) is 2.60. The van der Waals surface area contributed by atoms with Gasteiger partial charge >= 0.3 is 0 Å². The van der Waals surface area contributed by atoms with Crippen molar-refractivity contribution >= 4 is 33.2 Å². The zero-order valence-electron chi connectivity index (χ0n) is 10.7. The quantitative estimate of drug-likeness (QED) is 0.929. The van der Waals surface area contributed by atoms with Gasteiger partial charge in [0.2, 0.25) is 0 Å². The van der Waals surface area contributed by atoms with Crippen LogP contribution in [-0.2, 0) is 6.42 Å². The summed E-state index contributed by atoms with van der Waals surface area (Å²) in [6.45, 7) is 4.02. The van der Waals surface area contributed by atoms with Crippen LogP contribution in [0.1, 0.15) is 40.1 Å². The Hall–Kier alpha value is -1.27. The highest BCUT2D eigenvalue weighted by Gasteiger charge is 2.14. The Labute approximate surface area is 124 Å². The molecule has 1 amide bonds. The monoisotopic (exact) mass is 339 g/mol. The van der Waals surface area contributed by atoms with Gasteiger partial charge in [0.1, 0.15) is 5.01 Å². The molecule has 0 bridgehead atoms. The highest BCUT2D eigenvalue weighted by Crippen LogP contribution is 2.20. The zero-order chi connectivity index (χ0) is 13.8. The molecule has 1 N–H and O–H groups in total. The van der Waals surface area contributed by atoms with Crippen molar-refractivity contribution in [2.24, 2.45) is 0 Å². The van der Waals surface area contributed by atoms with Crippen LogP contribution >= 0.6 is 27.3 Å². The van der Waals surface area contributed by atoms with Gasteiger partial charge in [0.15, 0.2) is 0 Å². The number of nitrogens with one attached hydrogen (secondary N) is 1. The smallest absolute Gasteiger partial charge is 0.253 e. The van der Waals surface area contributed by atoms with Gasteiger partial charge in [-0.25, -0.2) is 4.98 Å². The summed E-state index contributed by atoms with van der Waals surface area (Å²) in [5, 5.41) is 3.85. The standard InChI is InChI=1S/C13H14BrN3OS/c1-3-11-7-16-13(19-11)8(2)17-12(18)9-4-10(14)6-15-5-9/h4-8H,3H2,1-2H3,(H,17,18). The number of halogens is 1. The Morgan fingerprint density at radius 2 is 2.26 bits per heavy atom. The van der Waals surface area contributed by atoms with E-state index in [1.165, 1.54) is 4.88 Å². The number of carbonyl (C=O) groups excluding carboxylic acids is 1. The van der Waals surface area contributed by atoms with E-state index in [0.717, 1.165) is 15.9 Å². The molecule has 0 aliphatic heterocycles. The highest BCUT2D eigenvalue weighted by molar-refractivity contribution is 9.10. The predicted molar refractivity (Wildman–Crippen MR) is 79.3 cm³/mol. The van der Waals surface area contributed by atoms with E-state index >= 15 is 0 Å². The number of thiazole rings is 1. The lowest BCUT2D eigenvalue weighted by Gasteiger charge is -2.11. The van der Waals surface area contributed by atoms with Crippen molar-refractivity contribution in [1.82, 2.24) is 15.3 Å². The summed E-state index contributed by atoms with van der Waals surface area (Å²) < 4.78 is 0.787. The summed E-state index contributed by atoms with van der Waals surface area (Å²) in [7, 11) is 0. The number of amides is 1. The largest absolute Gasteiger partial charge is 0.343 e. The molecule has 0 fully saturated rings. The van der Waals surface area contributed by atoms with Gasteiger partial charge in [0.25, 0.3) is 5.91 Å². The molecular weight excluding hydrogens is 326 g/mol. The number of hydrogen-bond donors (Lipinski definition) is 1. The van der Waals surface area contributed by atoms with Crippen LogP contribution < -0.4 is 5.32 Å². The van der Waals surface area contributed by atoms with Gasteiger partial charge in [0, 0.05) is 27.9 Å². The first-order valence-electron chi connectivity index (χ1n) is 5.96. The minimum absolute atomic E-state index is 0.100. The van der Waals surface area contributed by atoms with Gasteiger partial charge in [-0.05, 0) is 35.3 Å². The maximum absolute atomic E-state index is 12.1. The molecule has 100 valence electrons. The van der Waals surface area contributed by atoms with E-state index < -0.39 is 0 Å². The van der Waals surface area contributed by atoms with Crippen LogP contribution in [0.3, 0.4) is 0 Å². The molecule has 19 heavy (non-hydrogen) atoms. The second-order valence-corrected chi connectivity index (χ2v) is 6.17. The SMILES string of the molecule is CCc1cnc(C(C)NC(=O)c2cncc(Br)c2)s1. The fraction of sp³-hybridized carbons (Fsp3) is 0.308. The van der Waals surface area contributed by atoms with Crippen molar-refractivity contribution in [3.63, 3.8) is 0 Å². The third kappa shape index (κ3) is 3.61. The van der Waals surface area contributed by atoms with Crippen LogP contribution in [0.5, 0.6) is 0 Å². The highest BCUT2D eigenvalue weighted by atomic mass is 79.9. The summed E-state index contributed by atoms with van der Waals surface area (Å²) in [6.07, 6.45) is 6.03. The molecule has 4 nitrogen and oxygen atoms in total. The number of aromatic nitrogens is 2. The molecule has 0 aromatic carbocycles. The van der Waals surface area contributed by atoms with E-state index in [9.17, 15) is 4.79 Å². The summed E-state index contributed by atoms with van der Waals surface area (Å²) in [5.74, 6) is -0.144. The molecule has 0 spiro atoms. The Kier molecular flexibility index (Phi) is 4.66. The van der Waals surface area contributed by atoms with Gasteiger partial charge in [0.05, 0.1) is 11.6 Å². The molecule has 1 unspecified atom stereocenters. The summed E-state index contributed by atoms with van der Waals surface area (Å²) >= 11 is 4.93. The predicted octanol–water partition coefficient (Wildman–Crippen LogP) is 3.35. The summed E-state index contributed by atoms with van der Waals surface area (Å²) in [5.41, 5.74) is 0.536. The summed E-state index contributed by atoms with van der Waals surface area (Å²) in [4.78, 5) is 21.6. The first-order chi connectivity index (χ1) is 9.10. The van der Waals surface area contributed by atoms with E-state index in [2.05, 4.69) is 38.1 Å². The van der Waals surface area contributed by atoms with Crippen molar-refractivity contribution in [3.8, 4) is 0 Å². The number of nitrogens with zero attached hydrogens (tertiary/aromatic N) is 2. The zero-order valence-corrected chi connectivity index (χ0v) is 13.1. The van der Waals surface area contributed by atoms with Crippen LogP contribution in [0, 0.1) is 0 Å². The molecule has 2 aromatic rings. The van der Waals surface area contributed by atoms with Crippen LogP contribution in [0.2, 0.25) is 0 Å². The van der Waals surface area contributed by atoms with E-state index in [1.807, 2.05) is 13.1 Å². The molecule has 0 saturated carbocycles. The lowest BCUT2D eigenvalue weighted by molar-refractivity contribution is 0.0939. The molecule has 0 aliphatic carbocycles. The molecule has 0 radical (unpaired) electrons. The molecule has 2 rings (SSSR count). The van der Waals surface area contributed by atoms with Crippen LogP contribution in [0.4, 0.5) is 0 Å². The number of hydrogen-bond acceptors (Lipinski definition) is 4. The van der Waals surface area contributed by atoms with Crippen molar-refractivity contribution in [1.29, 1.82) is 0 Å². The topological polar surface area (TPSA) is 54.9 Å². The molecule has 2 aromatic heterocycles. The Bertz CT molecular complexity index is 585. The van der Waals surface area contributed by atoms with Crippen molar-refractivity contribution in [2.45, 2.75) is 26.3 Å². The Morgan fingerprint density at radius 3 is 2.89 bits per heavy atom. The number of pyridine rings is 1. The van der Waals surface area contributed by atoms with Gasteiger partial charge in [-0.2, -0.15) is 0 Å². The third-order valence-corrected chi connectivity index (χ3v) is 4.36. The maximum atomic E-state index is 12.1. The molecule has 1 atom stereocenters. The molecule has 0 saturated heterocycles. The van der Waals surface area contributed by atoms with Gasteiger partial charge in [-0.3, -0.25) is 9.78 Å². The van der Waals surface area contributed by atoms with Crippen LogP contribution in [0.25, 0.3) is 0 Å². The first kappa shape index (κ1) is 14.1. The van der Waals surface area contributed by atoms with Crippen molar-refractivity contribution < 1.29 is 4.79 Å². The van der Waals surface area contributed by atoms with Gasteiger partial charge in [-0.1, -0.05) is 6.92 Å². The lowest BCUT2D eigenvalue weighted by Crippen LogP contribution is -2.26. The summed E-state index contributed by atoms with van der Waals surface area (Å²) in [6, 6.07) is 1.64. The van der Waals surface area contributed by atoms with Crippen molar-refractivity contribution in [3.05, 3.63) is 44.6 Å². The minimum Gasteiger partial charge on any atom is -0.343 e. The average Bonchev–Trinajstić information content (AvgIpc) is 2.87. The van der Waals surface area contributed by atoms with Crippen LogP contribution in [0.15, 0.2) is 29.1 Å². The second kappa shape index (κ2) is 6.25. The number of aryl methyl sites for hydroxylation is 1. The van der Waals surface area contributed by atoms with Crippen LogP contribution in [-0.4, -0.2) is 15.9 Å². The molecule has 2 heterocycles. The Morgan fingerprint density at radius 1 is 1.47 bits per heavy atom. The van der Waals surface area contributed by atoms with Gasteiger partial charge in [-0.15, -0.1) is 11.3 Å². The van der Waals surface area contributed by atoms with Gasteiger partial charge < -0.3 is 5.32 Å². The first-order valence-corrected chi connectivity index (χ1v) is 7.57. The minimum atomic E-state index is -0.144. The fourth-order valence-corrected chi connectivity index (χ4v) is 2.79. The average molecular weight is 340 g/mol. The second-order valence-electron chi connectivity index (χ2n) is 4.11. The lowest BCUT2D eigenvalue weighted by atomic mass is 10.2. The normalized spacial score (nSPS) is 12.2. The number of rotatable bonds is 4. The van der Waals surface area contributed by atoms with E-state index in [-0.39, 0.29) is 11.9 Å². The van der Waals surface area contributed by atoms with Crippen molar-refractivity contribution in [2.75, 3.05) is 0 Å². The number of carbonyl (C=O) groups is 1. The van der Waals surface area contributed by atoms with E-state index in [0.29, 0.717) is 5.56 Å². The van der Waals surface area contributed by atoms with E-state index in [1.54, 1.807) is 29.8 Å². The fourth-order valence-electron chi connectivity index (χ4n) is 1.56. The Balaban J connectivity index is 2.06.